The zero-order valence-electron chi connectivity index (χ0n) is 14.4. The fourth-order valence-corrected chi connectivity index (χ4v) is 2.92. The van der Waals surface area contributed by atoms with E-state index in [4.69, 9.17) is 0 Å². The number of alkyl halides is 6. The highest BCUT2D eigenvalue weighted by Crippen LogP contribution is 2.33. The zero-order valence-corrected chi connectivity index (χ0v) is 14.4. The monoisotopic (exact) mass is 362 g/mol. The maximum absolute atomic E-state index is 12.6. The first-order valence-electron chi connectivity index (χ1n) is 8.62. The van der Waals surface area contributed by atoms with E-state index in [1.54, 1.807) is 0 Å². The largest absolute Gasteiger partial charge is 0.389 e. The van der Waals surface area contributed by atoms with Crippen molar-refractivity contribution >= 4 is 5.78 Å². The molecule has 0 amide bonds. The van der Waals surface area contributed by atoms with Crippen LogP contribution in [0.2, 0.25) is 0 Å². The number of hydrogen-bond donors (Lipinski definition) is 0. The second kappa shape index (κ2) is 11.0. The van der Waals surface area contributed by atoms with Crippen LogP contribution in [-0.2, 0) is 4.79 Å². The van der Waals surface area contributed by atoms with Crippen molar-refractivity contribution in [2.45, 2.75) is 90.4 Å². The van der Waals surface area contributed by atoms with E-state index < -0.39 is 42.8 Å². The minimum Gasteiger partial charge on any atom is -0.300 e. The van der Waals surface area contributed by atoms with Crippen molar-refractivity contribution in [1.82, 2.24) is 0 Å². The molecule has 0 radical (unpaired) electrons. The van der Waals surface area contributed by atoms with E-state index in [1.807, 2.05) is 13.8 Å². The Balaban J connectivity index is 4.67. The fraction of sp³-hybridized carbons (Fsp3) is 0.941. The number of ketones is 1. The Bertz CT molecular complexity index is 316. The highest BCUT2D eigenvalue weighted by Gasteiger charge is 2.35. The number of carbonyl (C=O) groups excluding carboxylic acids is 1. The Morgan fingerprint density at radius 2 is 1.08 bits per heavy atom. The van der Waals surface area contributed by atoms with Crippen molar-refractivity contribution in [3.63, 3.8) is 0 Å². The lowest BCUT2D eigenvalue weighted by Gasteiger charge is -2.21. The van der Waals surface area contributed by atoms with E-state index in [-0.39, 0.29) is 25.7 Å². The van der Waals surface area contributed by atoms with E-state index in [1.165, 1.54) is 0 Å². The Hall–Kier alpha value is -0.750. The molecule has 0 aliphatic rings. The number of rotatable bonds is 12. The number of unbranched alkanes of at least 4 members (excludes halogenated alkanes) is 2. The van der Waals surface area contributed by atoms with Gasteiger partial charge in [-0.1, -0.05) is 39.5 Å². The summed E-state index contributed by atoms with van der Waals surface area (Å²) in [4.78, 5) is 12.0. The molecule has 0 aliphatic heterocycles. The summed E-state index contributed by atoms with van der Waals surface area (Å²) in [6.07, 6.45) is -8.20. The summed E-state index contributed by atoms with van der Waals surface area (Å²) < 4.78 is 75.4. The third-order valence-corrected chi connectivity index (χ3v) is 4.00. The van der Waals surface area contributed by atoms with Crippen LogP contribution in [0.3, 0.4) is 0 Å². The number of halogens is 6. The highest BCUT2D eigenvalue weighted by molar-refractivity contribution is 5.78. The second-order valence-corrected chi connectivity index (χ2v) is 6.60. The SMILES string of the molecule is CCCCC(CC(=O)CC(CCCC)CC(F)(F)F)CC(F)(F)F. The molecule has 0 fully saturated rings. The van der Waals surface area contributed by atoms with Crippen LogP contribution in [-0.4, -0.2) is 18.1 Å². The Kier molecular flexibility index (Phi) is 10.6. The molecular formula is C17H28F6O. The van der Waals surface area contributed by atoms with E-state index in [9.17, 15) is 31.1 Å². The molecule has 1 nitrogen and oxygen atoms in total. The highest BCUT2D eigenvalue weighted by atomic mass is 19.4. The molecule has 0 aromatic heterocycles. The standard InChI is InChI=1S/C17H28F6O/c1-3-5-7-13(11-16(18,19)20)9-15(24)10-14(8-6-4-2)12-17(21,22)23/h13-14H,3-12H2,1-2H3. The van der Waals surface area contributed by atoms with Crippen molar-refractivity contribution in [2.24, 2.45) is 11.8 Å². The van der Waals surface area contributed by atoms with Crippen LogP contribution in [0.15, 0.2) is 0 Å². The maximum Gasteiger partial charge on any atom is 0.389 e. The summed E-state index contributed by atoms with van der Waals surface area (Å²) >= 11 is 0. The first-order chi connectivity index (χ1) is 11.0. The lowest BCUT2D eigenvalue weighted by molar-refractivity contribution is -0.149. The van der Waals surface area contributed by atoms with Gasteiger partial charge in [-0.2, -0.15) is 26.3 Å². The van der Waals surface area contributed by atoms with Gasteiger partial charge in [-0.3, -0.25) is 4.79 Å². The minimum atomic E-state index is -4.35. The molecule has 0 heterocycles. The summed E-state index contributed by atoms with van der Waals surface area (Å²) in [6, 6.07) is 0. The van der Waals surface area contributed by atoms with E-state index in [0.717, 1.165) is 12.8 Å². The summed E-state index contributed by atoms with van der Waals surface area (Å²) in [5.74, 6) is -2.13. The van der Waals surface area contributed by atoms with Crippen molar-refractivity contribution in [3.05, 3.63) is 0 Å². The van der Waals surface area contributed by atoms with Crippen molar-refractivity contribution < 1.29 is 31.1 Å². The molecule has 0 aliphatic carbocycles. The average Bonchev–Trinajstić information content (AvgIpc) is 2.38. The van der Waals surface area contributed by atoms with Gasteiger partial charge in [-0.05, 0) is 24.7 Å². The first kappa shape index (κ1) is 23.2. The molecule has 0 saturated carbocycles. The molecule has 0 aromatic rings. The normalized spacial score (nSPS) is 15.3. The van der Waals surface area contributed by atoms with Gasteiger partial charge in [0.2, 0.25) is 0 Å². The van der Waals surface area contributed by atoms with E-state index >= 15 is 0 Å². The van der Waals surface area contributed by atoms with Crippen molar-refractivity contribution in [3.8, 4) is 0 Å². The number of hydrogen-bond acceptors (Lipinski definition) is 1. The molecule has 24 heavy (non-hydrogen) atoms. The zero-order chi connectivity index (χ0) is 18.8. The van der Waals surface area contributed by atoms with Gasteiger partial charge in [0.1, 0.15) is 5.78 Å². The van der Waals surface area contributed by atoms with Gasteiger partial charge in [0.05, 0.1) is 0 Å². The Morgan fingerprint density at radius 3 is 1.33 bits per heavy atom. The number of carbonyl (C=O) groups is 1. The van der Waals surface area contributed by atoms with Crippen molar-refractivity contribution in [2.75, 3.05) is 0 Å². The lowest BCUT2D eigenvalue weighted by atomic mass is 9.87. The molecule has 0 spiro atoms. The van der Waals surface area contributed by atoms with Crippen LogP contribution < -0.4 is 0 Å². The molecule has 0 rings (SSSR count). The van der Waals surface area contributed by atoms with Crippen LogP contribution in [0.5, 0.6) is 0 Å². The van der Waals surface area contributed by atoms with Gasteiger partial charge in [-0.25, -0.2) is 0 Å². The lowest BCUT2D eigenvalue weighted by Crippen LogP contribution is -2.22. The van der Waals surface area contributed by atoms with Gasteiger partial charge in [0.25, 0.3) is 0 Å². The smallest absolute Gasteiger partial charge is 0.300 e. The predicted octanol–water partition coefficient (Wildman–Crippen LogP) is 6.85. The first-order valence-corrected chi connectivity index (χ1v) is 8.62. The van der Waals surface area contributed by atoms with Crippen LogP contribution in [0.25, 0.3) is 0 Å². The van der Waals surface area contributed by atoms with Crippen LogP contribution in [0, 0.1) is 11.8 Å². The number of Topliss-reactive ketones (excluding diaryl/α,β-unsaturated/α-hetero) is 1. The summed E-state index contributed by atoms with van der Waals surface area (Å²) in [5.41, 5.74) is 0. The predicted molar refractivity (Wildman–Crippen MR) is 81.6 cm³/mol. The topological polar surface area (TPSA) is 17.1 Å². The molecule has 2 atom stereocenters. The van der Waals surface area contributed by atoms with Crippen LogP contribution >= 0.6 is 0 Å². The summed E-state index contributed by atoms with van der Waals surface area (Å²) in [6.45, 7) is 3.69. The maximum atomic E-state index is 12.6. The molecule has 0 bridgehead atoms. The molecule has 2 unspecified atom stereocenters. The van der Waals surface area contributed by atoms with Crippen molar-refractivity contribution in [1.29, 1.82) is 0 Å². The van der Waals surface area contributed by atoms with Gasteiger partial charge < -0.3 is 0 Å². The fourth-order valence-electron chi connectivity index (χ4n) is 2.92. The Morgan fingerprint density at radius 1 is 0.750 bits per heavy atom. The molecule has 7 heteroatoms. The summed E-state index contributed by atoms with van der Waals surface area (Å²) in [5, 5.41) is 0. The van der Waals surface area contributed by atoms with Crippen LogP contribution in [0.4, 0.5) is 26.3 Å². The average molecular weight is 362 g/mol. The molecule has 144 valence electrons. The van der Waals surface area contributed by atoms with Gasteiger partial charge in [-0.15, -0.1) is 0 Å². The van der Waals surface area contributed by atoms with Gasteiger partial charge >= 0.3 is 12.4 Å². The molecule has 0 saturated heterocycles. The van der Waals surface area contributed by atoms with Gasteiger partial charge in [0.15, 0.2) is 0 Å². The summed E-state index contributed by atoms with van der Waals surface area (Å²) in [7, 11) is 0. The molecular weight excluding hydrogens is 334 g/mol. The molecule has 0 aromatic carbocycles. The third kappa shape index (κ3) is 13.7. The van der Waals surface area contributed by atoms with E-state index in [2.05, 4.69) is 0 Å². The second-order valence-electron chi connectivity index (χ2n) is 6.60. The Labute approximate surface area is 140 Å². The quantitative estimate of drug-likeness (QED) is 0.347. The third-order valence-electron chi connectivity index (χ3n) is 4.00. The minimum absolute atomic E-state index is 0.278. The van der Waals surface area contributed by atoms with Gasteiger partial charge in [0, 0.05) is 25.7 Å². The van der Waals surface area contributed by atoms with Crippen LogP contribution in [0.1, 0.15) is 78.1 Å². The molecule has 0 N–H and O–H groups in total. The van der Waals surface area contributed by atoms with E-state index in [0.29, 0.717) is 12.8 Å².